The highest BCUT2D eigenvalue weighted by Gasteiger charge is 2.28. The molecule has 7 nitrogen and oxygen atoms in total. The van der Waals surface area contributed by atoms with Crippen LogP contribution in [0.1, 0.15) is 48.9 Å². The van der Waals surface area contributed by atoms with Crippen molar-refractivity contribution >= 4 is 29.7 Å². The number of carbonyl (C=O) groups is 1. The number of benzene rings is 1. The fourth-order valence-electron chi connectivity index (χ4n) is 4.15. The van der Waals surface area contributed by atoms with E-state index in [4.69, 9.17) is 0 Å². The fourth-order valence-corrected chi connectivity index (χ4v) is 4.15. The molecule has 0 bridgehead atoms. The van der Waals surface area contributed by atoms with E-state index in [1.807, 2.05) is 9.80 Å². The Morgan fingerprint density at radius 1 is 1.11 bits per heavy atom. The Kier molecular flexibility index (Phi) is 6.78. The van der Waals surface area contributed by atoms with Gasteiger partial charge in [-0.25, -0.2) is 0 Å². The molecule has 2 heterocycles. The van der Waals surface area contributed by atoms with Crippen LogP contribution in [-0.4, -0.2) is 54.5 Å². The maximum Gasteiger partial charge on any atom is 0.293 e. The lowest BCUT2D eigenvalue weighted by molar-refractivity contribution is -0.384. The van der Waals surface area contributed by atoms with Gasteiger partial charge in [-0.2, -0.15) is 0 Å². The molecule has 154 valence electrons. The second-order valence-corrected chi connectivity index (χ2v) is 8.07. The molecule has 0 unspecified atom stereocenters. The molecule has 28 heavy (non-hydrogen) atoms. The van der Waals surface area contributed by atoms with Crippen LogP contribution in [0.25, 0.3) is 0 Å². The van der Waals surface area contributed by atoms with Gasteiger partial charge in [0.2, 0.25) is 0 Å². The number of piperidine rings is 1. The lowest BCUT2D eigenvalue weighted by atomic mass is 10.0. The topological polar surface area (TPSA) is 78.7 Å². The Hall–Kier alpha value is -1.86. The average Bonchev–Trinajstić information content (AvgIpc) is 3.37. The van der Waals surface area contributed by atoms with Gasteiger partial charge in [-0.15, -0.1) is 12.4 Å². The van der Waals surface area contributed by atoms with E-state index in [9.17, 15) is 14.9 Å². The molecular weight excluding hydrogens is 380 g/mol. The van der Waals surface area contributed by atoms with Crippen LogP contribution in [0.5, 0.6) is 0 Å². The molecule has 2 saturated heterocycles. The van der Waals surface area contributed by atoms with Gasteiger partial charge in [0.15, 0.2) is 0 Å². The smallest absolute Gasteiger partial charge is 0.293 e. The van der Waals surface area contributed by atoms with Gasteiger partial charge in [-0.3, -0.25) is 14.9 Å². The van der Waals surface area contributed by atoms with Crippen LogP contribution in [0.3, 0.4) is 0 Å². The Morgan fingerprint density at radius 3 is 2.39 bits per heavy atom. The van der Waals surface area contributed by atoms with Crippen LogP contribution in [0.4, 0.5) is 11.4 Å². The molecule has 2 aliphatic heterocycles. The number of carbonyl (C=O) groups excluding carboxylic acids is 1. The first kappa shape index (κ1) is 20.9. The Bertz CT molecular complexity index is 711. The monoisotopic (exact) mass is 408 g/mol. The van der Waals surface area contributed by atoms with Crippen molar-refractivity contribution < 1.29 is 9.72 Å². The molecule has 1 aromatic carbocycles. The number of hydrogen-bond acceptors (Lipinski definition) is 5. The van der Waals surface area contributed by atoms with Crippen molar-refractivity contribution in [3.05, 3.63) is 33.9 Å². The summed E-state index contributed by atoms with van der Waals surface area (Å²) in [4.78, 5) is 27.9. The minimum atomic E-state index is -0.363. The Balaban J connectivity index is 0.00000225. The molecule has 1 aromatic rings. The molecule has 1 amide bonds. The van der Waals surface area contributed by atoms with Crippen LogP contribution >= 0.6 is 12.4 Å². The maximum absolute atomic E-state index is 12.9. The number of halogens is 1. The third kappa shape index (κ3) is 4.75. The van der Waals surface area contributed by atoms with Crippen LogP contribution in [0, 0.1) is 16.0 Å². The lowest BCUT2D eigenvalue weighted by Gasteiger charge is -2.32. The molecule has 0 atom stereocenters. The van der Waals surface area contributed by atoms with E-state index in [0.29, 0.717) is 30.4 Å². The van der Waals surface area contributed by atoms with Crippen LogP contribution in [-0.2, 0) is 0 Å². The molecule has 1 N–H and O–H groups in total. The number of amides is 1. The fraction of sp³-hybridized carbons (Fsp3) is 0.650. The highest BCUT2D eigenvalue weighted by Crippen LogP contribution is 2.32. The molecule has 3 fully saturated rings. The molecule has 1 aliphatic carbocycles. The predicted octanol–water partition coefficient (Wildman–Crippen LogP) is 3.22. The molecule has 0 spiro atoms. The zero-order chi connectivity index (χ0) is 18.8. The summed E-state index contributed by atoms with van der Waals surface area (Å²) in [6, 6.07) is 5.45. The van der Waals surface area contributed by atoms with Gasteiger partial charge in [-0.05, 0) is 63.1 Å². The largest absolute Gasteiger partial charge is 0.366 e. The number of nitro benzene ring substituents is 1. The first-order valence-corrected chi connectivity index (χ1v) is 10.2. The summed E-state index contributed by atoms with van der Waals surface area (Å²) in [6.07, 6.45) is 6.70. The van der Waals surface area contributed by atoms with Crippen molar-refractivity contribution in [2.24, 2.45) is 5.92 Å². The van der Waals surface area contributed by atoms with Crippen molar-refractivity contribution in [2.45, 2.75) is 44.6 Å². The number of rotatable bonds is 6. The van der Waals surface area contributed by atoms with Gasteiger partial charge in [0.05, 0.1) is 4.92 Å². The van der Waals surface area contributed by atoms with Gasteiger partial charge in [0.25, 0.3) is 11.6 Å². The van der Waals surface area contributed by atoms with Crippen molar-refractivity contribution in [3.63, 3.8) is 0 Å². The molecule has 4 rings (SSSR count). The van der Waals surface area contributed by atoms with Crippen molar-refractivity contribution in [1.29, 1.82) is 0 Å². The van der Waals surface area contributed by atoms with E-state index in [1.165, 1.54) is 18.9 Å². The zero-order valence-electron chi connectivity index (χ0n) is 16.1. The SMILES string of the molecule is Cl.O=C(c1ccc(N2CCCC2)c([N+](=O)[O-])c1)N1CCC(NCC2CC2)CC1. The van der Waals surface area contributed by atoms with Crippen LogP contribution in [0.2, 0.25) is 0 Å². The minimum Gasteiger partial charge on any atom is -0.366 e. The van der Waals surface area contributed by atoms with Crippen LogP contribution in [0.15, 0.2) is 18.2 Å². The summed E-state index contributed by atoms with van der Waals surface area (Å²) in [5.74, 6) is 0.769. The number of nitro groups is 1. The van der Waals surface area contributed by atoms with Gasteiger partial charge in [0, 0.05) is 43.9 Å². The first-order valence-electron chi connectivity index (χ1n) is 10.2. The number of likely N-dealkylation sites (tertiary alicyclic amines) is 1. The predicted molar refractivity (Wildman–Crippen MR) is 111 cm³/mol. The molecule has 0 radical (unpaired) electrons. The minimum absolute atomic E-state index is 0. The number of nitrogens with one attached hydrogen (secondary N) is 1. The van der Waals surface area contributed by atoms with Gasteiger partial charge in [-0.1, -0.05) is 0 Å². The molecule has 3 aliphatic rings. The van der Waals surface area contributed by atoms with Crippen molar-refractivity contribution in [2.75, 3.05) is 37.6 Å². The maximum atomic E-state index is 12.9. The lowest BCUT2D eigenvalue weighted by Crippen LogP contribution is -2.45. The van der Waals surface area contributed by atoms with E-state index >= 15 is 0 Å². The third-order valence-electron chi connectivity index (χ3n) is 6.04. The standard InChI is InChI=1S/C20H28N4O3.ClH/c25-20(23-11-7-17(8-12-23)21-14-15-3-4-15)16-5-6-18(19(13-16)24(26)27)22-9-1-2-10-22;/h5-6,13,15,17,21H,1-4,7-12,14H2;1H. The zero-order valence-corrected chi connectivity index (χ0v) is 17.0. The van der Waals surface area contributed by atoms with Gasteiger partial charge < -0.3 is 15.1 Å². The molecule has 0 aromatic heterocycles. The second kappa shape index (κ2) is 9.09. The number of hydrogen-bond donors (Lipinski definition) is 1. The summed E-state index contributed by atoms with van der Waals surface area (Å²) in [7, 11) is 0. The molecule has 1 saturated carbocycles. The summed E-state index contributed by atoms with van der Waals surface area (Å²) < 4.78 is 0. The Labute approximate surface area is 172 Å². The summed E-state index contributed by atoms with van der Waals surface area (Å²) in [5, 5.41) is 15.2. The van der Waals surface area contributed by atoms with E-state index in [-0.39, 0.29) is 28.9 Å². The van der Waals surface area contributed by atoms with Crippen molar-refractivity contribution in [3.8, 4) is 0 Å². The normalized spacial score (nSPS) is 20.1. The first-order chi connectivity index (χ1) is 13.1. The van der Waals surface area contributed by atoms with E-state index in [0.717, 1.165) is 51.2 Å². The second-order valence-electron chi connectivity index (χ2n) is 8.07. The third-order valence-corrected chi connectivity index (χ3v) is 6.04. The van der Waals surface area contributed by atoms with E-state index < -0.39 is 0 Å². The summed E-state index contributed by atoms with van der Waals surface area (Å²) in [5.41, 5.74) is 1.11. The van der Waals surface area contributed by atoms with Gasteiger partial charge in [0.1, 0.15) is 5.69 Å². The van der Waals surface area contributed by atoms with Crippen LogP contribution < -0.4 is 10.2 Å². The highest BCUT2D eigenvalue weighted by atomic mass is 35.5. The summed E-state index contributed by atoms with van der Waals surface area (Å²) in [6.45, 7) is 4.21. The molecular formula is C20H29ClN4O3. The average molecular weight is 409 g/mol. The van der Waals surface area contributed by atoms with E-state index in [2.05, 4.69) is 5.32 Å². The summed E-state index contributed by atoms with van der Waals surface area (Å²) >= 11 is 0. The highest BCUT2D eigenvalue weighted by molar-refractivity contribution is 5.96. The van der Waals surface area contributed by atoms with Crippen molar-refractivity contribution in [1.82, 2.24) is 10.2 Å². The quantitative estimate of drug-likeness (QED) is 0.577. The number of anilines is 1. The van der Waals surface area contributed by atoms with E-state index in [1.54, 1.807) is 12.1 Å². The van der Waals surface area contributed by atoms with Gasteiger partial charge >= 0.3 is 0 Å². The molecule has 8 heteroatoms. The Morgan fingerprint density at radius 2 is 1.79 bits per heavy atom. The number of nitrogens with zero attached hydrogens (tertiary/aromatic N) is 3.